The highest BCUT2D eigenvalue weighted by molar-refractivity contribution is 5.32. The van der Waals surface area contributed by atoms with Gasteiger partial charge in [-0.15, -0.1) is 0 Å². The van der Waals surface area contributed by atoms with Gasteiger partial charge >= 0.3 is 0 Å². The Bertz CT molecular complexity index is 715. The van der Waals surface area contributed by atoms with Crippen molar-refractivity contribution in [3.05, 3.63) is 83.9 Å². The van der Waals surface area contributed by atoms with Gasteiger partial charge < -0.3 is 19.7 Å². The summed E-state index contributed by atoms with van der Waals surface area (Å²) in [6, 6.07) is 21.3. The van der Waals surface area contributed by atoms with Gasteiger partial charge in [0.05, 0.1) is 0 Å². The fourth-order valence-electron chi connectivity index (χ4n) is 2.23. The van der Waals surface area contributed by atoms with Crippen LogP contribution in [-0.2, 0) is 13.2 Å². The molecule has 3 aromatic rings. The molecule has 0 aliphatic rings. The maximum Gasteiger partial charge on any atom is 0.120 e. The van der Waals surface area contributed by atoms with Gasteiger partial charge in [0.15, 0.2) is 0 Å². The first-order valence-electron chi connectivity index (χ1n) is 7.60. The molecule has 0 fully saturated rings. The number of benzene rings is 3. The van der Waals surface area contributed by atoms with Crippen LogP contribution in [-0.4, -0.2) is 10.2 Å². The summed E-state index contributed by atoms with van der Waals surface area (Å²) in [5.74, 6) is 1.85. The number of aromatic hydroxyl groups is 2. The van der Waals surface area contributed by atoms with Gasteiger partial charge in [-0.1, -0.05) is 18.2 Å². The van der Waals surface area contributed by atoms with E-state index in [9.17, 15) is 10.2 Å². The van der Waals surface area contributed by atoms with Crippen LogP contribution >= 0.6 is 0 Å². The number of phenols is 2. The minimum atomic E-state index is 0.218. The molecule has 0 heterocycles. The van der Waals surface area contributed by atoms with Crippen LogP contribution in [0.2, 0.25) is 0 Å². The molecule has 0 spiro atoms. The Morgan fingerprint density at radius 3 is 1.42 bits per heavy atom. The first kappa shape index (κ1) is 15.7. The Balaban J connectivity index is 1.57. The van der Waals surface area contributed by atoms with Gasteiger partial charge in [-0.05, 0) is 65.7 Å². The topological polar surface area (TPSA) is 58.9 Å². The van der Waals surface area contributed by atoms with Crippen molar-refractivity contribution in [1.29, 1.82) is 0 Å². The second-order valence-electron chi connectivity index (χ2n) is 5.39. The average Bonchev–Trinajstić information content (AvgIpc) is 2.61. The fraction of sp³-hybridized carbons (Fsp3) is 0.100. The molecule has 24 heavy (non-hydrogen) atoms. The molecule has 0 amide bonds. The first-order valence-corrected chi connectivity index (χ1v) is 7.60. The predicted molar refractivity (Wildman–Crippen MR) is 91.3 cm³/mol. The molecular formula is C20H18O4. The number of hydrogen-bond donors (Lipinski definition) is 2. The molecule has 0 saturated heterocycles. The van der Waals surface area contributed by atoms with Gasteiger partial charge in [-0.25, -0.2) is 0 Å². The van der Waals surface area contributed by atoms with E-state index in [-0.39, 0.29) is 11.5 Å². The van der Waals surface area contributed by atoms with Gasteiger partial charge in [0.1, 0.15) is 36.2 Å². The smallest absolute Gasteiger partial charge is 0.120 e. The highest BCUT2D eigenvalue weighted by Crippen LogP contribution is 2.19. The van der Waals surface area contributed by atoms with Crippen molar-refractivity contribution in [3.63, 3.8) is 0 Å². The van der Waals surface area contributed by atoms with Crippen LogP contribution in [0.15, 0.2) is 72.8 Å². The minimum absolute atomic E-state index is 0.218. The van der Waals surface area contributed by atoms with E-state index in [0.717, 1.165) is 11.1 Å². The third-order valence-electron chi connectivity index (χ3n) is 3.48. The highest BCUT2D eigenvalue weighted by Gasteiger charge is 2.01. The van der Waals surface area contributed by atoms with Crippen LogP contribution in [0.3, 0.4) is 0 Å². The monoisotopic (exact) mass is 322 g/mol. The molecule has 4 heteroatoms. The summed E-state index contributed by atoms with van der Waals surface area (Å²) in [5.41, 5.74) is 2.07. The first-order chi connectivity index (χ1) is 11.7. The SMILES string of the molecule is Oc1ccc(OCc2cccc(COc3ccc(O)cc3)c2)cc1. The zero-order valence-electron chi connectivity index (χ0n) is 13.1. The Morgan fingerprint density at radius 2 is 1.00 bits per heavy atom. The molecule has 2 N–H and O–H groups in total. The Morgan fingerprint density at radius 1 is 0.583 bits per heavy atom. The second-order valence-corrected chi connectivity index (χ2v) is 5.39. The van der Waals surface area contributed by atoms with Gasteiger partial charge in [-0.3, -0.25) is 0 Å². The van der Waals surface area contributed by atoms with E-state index in [0.29, 0.717) is 24.7 Å². The molecule has 4 nitrogen and oxygen atoms in total. The average molecular weight is 322 g/mol. The van der Waals surface area contributed by atoms with Crippen molar-refractivity contribution >= 4 is 0 Å². The molecule has 0 aromatic heterocycles. The van der Waals surface area contributed by atoms with Crippen LogP contribution in [0.4, 0.5) is 0 Å². The molecule has 3 aromatic carbocycles. The van der Waals surface area contributed by atoms with E-state index >= 15 is 0 Å². The minimum Gasteiger partial charge on any atom is -0.508 e. The molecular weight excluding hydrogens is 304 g/mol. The third-order valence-corrected chi connectivity index (χ3v) is 3.48. The molecule has 3 rings (SSSR count). The second kappa shape index (κ2) is 7.42. The van der Waals surface area contributed by atoms with Crippen LogP contribution in [0, 0.1) is 0 Å². The third kappa shape index (κ3) is 4.43. The number of phenolic OH excluding ortho intramolecular Hbond substituents is 2. The van der Waals surface area contributed by atoms with E-state index in [1.54, 1.807) is 48.5 Å². The summed E-state index contributed by atoms with van der Waals surface area (Å²) in [7, 11) is 0. The van der Waals surface area contributed by atoms with Gasteiger partial charge in [0.25, 0.3) is 0 Å². The largest absolute Gasteiger partial charge is 0.508 e. The van der Waals surface area contributed by atoms with Crippen molar-refractivity contribution in [3.8, 4) is 23.0 Å². The molecule has 0 radical (unpaired) electrons. The maximum absolute atomic E-state index is 9.26. The standard InChI is InChI=1S/C20H18O4/c21-17-4-8-19(9-5-17)23-13-15-2-1-3-16(12-15)14-24-20-10-6-18(22)7-11-20/h1-12,21-22H,13-14H2. The molecule has 0 unspecified atom stereocenters. The van der Waals surface area contributed by atoms with Crippen molar-refractivity contribution in [1.82, 2.24) is 0 Å². The van der Waals surface area contributed by atoms with Crippen LogP contribution in [0.1, 0.15) is 11.1 Å². The Labute approximate surface area is 140 Å². The summed E-state index contributed by atoms with van der Waals surface area (Å²) >= 11 is 0. The normalized spacial score (nSPS) is 10.3. The van der Waals surface area contributed by atoms with E-state index in [4.69, 9.17) is 9.47 Å². The molecule has 0 saturated carbocycles. The lowest BCUT2D eigenvalue weighted by atomic mass is 10.1. The summed E-state index contributed by atoms with van der Waals surface area (Å²) in [5, 5.41) is 18.5. The molecule has 0 aliphatic heterocycles. The van der Waals surface area contributed by atoms with Gasteiger partial charge in [0.2, 0.25) is 0 Å². The van der Waals surface area contributed by atoms with Crippen LogP contribution in [0.5, 0.6) is 23.0 Å². The molecule has 0 bridgehead atoms. The molecule has 0 aliphatic carbocycles. The predicted octanol–water partition coefficient (Wildman–Crippen LogP) is 4.26. The van der Waals surface area contributed by atoms with E-state index in [1.165, 1.54) is 0 Å². The maximum atomic E-state index is 9.26. The molecule has 122 valence electrons. The lowest BCUT2D eigenvalue weighted by Gasteiger charge is -2.09. The van der Waals surface area contributed by atoms with Crippen molar-refractivity contribution in [2.75, 3.05) is 0 Å². The van der Waals surface area contributed by atoms with Crippen molar-refractivity contribution in [2.24, 2.45) is 0 Å². The Kier molecular flexibility index (Phi) is 4.87. The lowest BCUT2D eigenvalue weighted by molar-refractivity contribution is 0.299. The summed E-state index contributed by atoms with van der Waals surface area (Å²) in [4.78, 5) is 0. The zero-order chi connectivity index (χ0) is 16.8. The van der Waals surface area contributed by atoms with Gasteiger partial charge in [-0.2, -0.15) is 0 Å². The van der Waals surface area contributed by atoms with Crippen molar-refractivity contribution < 1.29 is 19.7 Å². The van der Waals surface area contributed by atoms with Crippen LogP contribution < -0.4 is 9.47 Å². The summed E-state index contributed by atoms with van der Waals surface area (Å²) in [6.45, 7) is 0.885. The summed E-state index contributed by atoms with van der Waals surface area (Å²) in [6.07, 6.45) is 0. The van der Waals surface area contributed by atoms with E-state index in [1.807, 2.05) is 24.3 Å². The number of rotatable bonds is 6. The van der Waals surface area contributed by atoms with Gasteiger partial charge in [0, 0.05) is 0 Å². The fourth-order valence-corrected chi connectivity index (χ4v) is 2.23. The van der Waals surface area contributed by atoms with Crippen LogP contribution in [0.25, 0.3) is 0 Å². The summed E-state index contributed by atoms with van der Waals surface area (Å²) < 4.78 is 11.4. The van der Waals surface area contributed by atoms with Crippen molar-refractivity contribution in [2.45, 2.75) is 13.2 Å². The van der Waals surface area contributed by atoms with E-state index in [2.05, 4.69) is 0 Å². The molecule has 0 atom stereocenters. The highest BCUT2D eigenvalue weighted by atomic mass is 16.5. The quantitative estimate of drug-likeness (QED) is 0.712. The Hall–Kier alpha value is -3.14. The lowest BCUT2D eigenvalue weighted by Crippen LogP contribution is -1.99. The van der Waals surface area contributed by atoms with E-state index < -0.39 is 0 Å². The number of ether oxygens (including phenoxy) is 2. The zero-order valence-corrected chi connectivity index (χ0v) is 13.1. The number of hydrogen-bond acceptors (Lipinski definition) is 4.